The first kappa shape index (κ1) is 19.5. The van der Waals surface area contributed by atoms with Crippen LogP contribution in [0.3, 0.4) is 0 Å². The van der Waals surface area contributed by atoms with Gasteiger partial charge in [-0.25, -0.2) is 9.36 Å². The highest BCUT2D eigenvalue weighted by Gasteiger charge is 2.30. The number of para-hydroxylation sites is 1. The van der Waals surface area contributed by atoms with Crippen LogP contribution in [0.5, 0.6) is 5.75 Å². The molecule has 6 heteroatoms. The largest absolute Gasteiger partial charge is 0.497 e. The molecule has 28 heavy (non-hydrogen) atoms. The summed E-state index contributed by atoms with van der Waals surface area (Å²) in [7, 11) is 1.60. The number of rotatable bonds is 4. The highest BCUT2D eigenvalue weighted by molar-refractivity contribution is 5.89. The van der Waals surface area contributed by atoms with E-state index in [0.29, 0.717) is 17.1 Å². The minimum Gasteiger partial charge on any atom is -0.497 e. The predicted octanol–water partition coefficient (Wildman–Crippen LogP) is 3.89. The first-order chi connectivity index (χ1) is 13.2. The van der Waals surface area contributed by atoms with Crippen molar-refractivity contribution in [2.45, 2.75) is 33.1 Å². The maximum Gasteiger partial charge on any atom is 0.295 e. The lowest BCUT2D eigenvalue weighted by molar-refractivity contribution is -0.114. The maximum atomic E-state index is 13.4. The number of carbonyl (C=O) groups is 1. The quantitative estimate of drug-likeness (QED) is 0.748. The van der Waals surface area contributed by atoms with Crippen LogP contribution in [0.1, 0.15) is 33.4 Å². The van der Waals surface area contributed by atoms with E-state index in [1.54, 1.807) is 23.9 Å². The van der Waals surface area contributed by atoms with E-state index in [1.165, 1.54) is 6.92 Å². The smallest absolute Gasteiger partial charge is 0.295 e. The number of aromatic nitrogens is 2. The van der Waals surface area contributed by atoms with Crippen molar-refractivity contribution in [3.63, 3.8) is 0 Å². The van der Waals surface area contributed by atoms with Crippen molar-refractivity contribution in [1.82, 2.24) is 9.36 Å². The minimum absolute atomic E-state index is 0.283. The Labute approximate surface area is 164 Å². The van der Waals surface area contributed by atoms with E-state index < -0.39 is 5.41 Å². The van der Waals surface area contributed by atoms with Crippen LogP contribution in [0.2, 0.25) is 0 Å². The summed E-state index contributed by atoms with van der Waals surface area (Å²) in [5, 5.41) is 2.75. The third kappa shape index (κ3) is 3.58. The topological polar surface area (TPSA) is 65.3 Å². The van der Waals surface area contributed by atoms with Crippen LogP contribution < -0.4 is 15.6 Å². The molecule has 146 valence electrons. The zero-order valence-corrected chi connectivity index (χ0v) is 16.8. The van der Waals surface area contributed by atoms with Crippen LogP contribution in [0.25, 0.3) is 11.4 Å². The van der Waals surface area contributed by atoms with E-state index in [4.69, 9.17) is 4.74 Å². The molecule has 0 saturated carbocycles. The summed E-state index contributed by atoms with van der Waals surface area (Å²) in [6.07, 6.45) is 0. The Morgan fingerprint density at radius 3 is 2.00 bits per heavy atom. The molecule has 1 amide bonds. The lowest BCUT2D eigenvalue weighted by Gasteiger charge is -2.24. The summed E-state index contributed by atoms with van der Waals surface area (Å²) in [5.41, 5.74) is 1.85. The van der Waals surface area contributed by atoms with Gasteiger partial charge < -0.3 is 10.1 Å². The van der Waals surface area contributed by atoms with Gasteiger partial charge in [-0.15, -0.1) is 0 Å². The second-order valence-corrected chi connectivity index (χ2v) is 7.62. The van der Waals surface area contributed by atoms with E-state index >= 15 is 0 Å². The lowest BCUT2D eigenvalue weighted by atomic mass is 9.90. The molecule has 0 radical (unpaired) electrons. The third-order valence-corrected chi connectivity index (χ3v) is 4.38. The fourth-order valence-corrected chi connectivity index (χ4v) is 3.26. The molecule has 0 spiro atoms. The average molecular weight is 379 g/mol. The Balaban J connectivity index is 2.41. The average Bonchev–Trinajstić information content (AvgIpc) is 2.94. The first-order valence-corrected chi connectivity index (χ1v) is 9.10. The van der Waals surface area contributed by atoms with Gasteiger partial charge in [0.1, 0.15) is 11.4 Å². The zero-order chi connectivity index (χ0) is 20.5. The Morgan fingerprint density at radius 2 is 1.50 bits per heavy atom. The van der Waals surface area contributed by atoms with Gasteiger partial charge in [0.25, 0.3) is 5.56 Å². The van der Waals surface area contributed by atoms with Crippen LogP contribution >= 0.6 is 0 Å². The summed E-state index contributed by atoms with van der Waals surface area (Å²) in [5.74, 6) is 0.419. The molecule has 1 N–H and O–H groups in total. The molecule has 2 aromatic carbocycles. The van der Waals surface area contributed by atoms with Gasteiger partial charge in [0.05, 0.1) is 24.2 Å². The van der Waals surface area contributed by atoms with E-state index in [-0.39, 0.29) is 11.5 Å². The van der Waals surface area contributed by atoms with E-state index in [1.807, 2.05) is 67.9 Å². The molecular formula is C22H25N3O3. The fraction of sp³-hybridized carbons (Fsp3) is 0.273. The summed E-state index contributed by atoms with van der Waals surface area (Å²) in [4.78, 5) is 25.3. The Kier molecular flexibility index (Phi) is 5.14. The number of hydrogen-bond acceptors (Lipinski definition) is 3. The highest BCUT2D eigenvalue weighted by atomic mass is 16.5. The molecule has 0 aliphatic heterocycles. The Hall–Kier alpha value is -3.28. The molecule has 0 unspecified atom stereocenters. The van der Waals surface area contributed by atoms with Crippen molar-refractivity contribution in [3.05, 3.63) is 70.6 Å². The molecule has 1 aromatic heterocycles. The van der Waals surface area contributed by atoms with E-state index in [0.717, 1.165) is 11.4 Å². The van der Waals surface area contributed by atoms with Crippen LogP contribution in [-0.4, -0.2) is 22.4 Å². The fourth-order valence-electron chi connectivity index (χ4n) is 3.26. The van der Waals surface area contributed by atoms with Gasteiger partial charge in [-0.2, -0.15) is 0 Å². The number of benzene rings is 2. The number of carbonyl (C=O) groups excluding carboxylic acids is 1. The van der Waals surface area contributed by atoms with Crippen LogP contribution in [0.15, 0.2) is 59.4 Å². The third-order valence-electron chi connectivity index (χ3n) is 4.38. The molecule has 0 bridgehead atoms. The van der Waals surface area contributed by atoms with Crippen molar-refractivity contribution < 1.29 is 9.53 Å². The van der Waals surface area contributed by atoms with Crippen molar-refractivity contribution in [2.24, 2.45) is 0 Å². The Bertz CT molecular complexity index is 1040. The lowest BCUT2D eigenvalue weighted by Crippen LogP contribution is -2.23. The summed E-state index contributed by atoms with van der Waals surface area (Å²) < 4.78 is 8.69. The Morgan fingerprint density at radius 1 is 0.929 bits per heavy atom. The first-order valence-electron chi connectivity index (χ1n) is 9.10. The van der Waals surface area contributed by atoms with Crippen LogP contribution in [0, 0.1) is 0 Å². The number of methoxy groups -OCH3 is 1. The van der Waals surface area contributed by atoms with Gasteiger partial charge in [0.15, 0.2) is 0 Å². The van der Waals surface area contributed by atoms with Gasteiger partial charge in [-0.05, 0) is 36.4 Å². The molecule has 0 aliphatic carbocycles. The SMILES string of the molecule is COc1ccc(-n2c(=O)c(NC(C)=O)c(C(C)(C)C)n2-c2ccccc2)cc1. The van der Waals surface area contributed by atoms with E-state index in [2.05, 4.69) is 5.32 Å². The van der Waals surface area contributed by atoms with Crippen molar-refractivity contribution in [2.75, 3.05) is 12.4 Å². The summed E-state index contributed by atoms with van der Waals surface area (Å²) in [6.45, 7) is 7.46. The molecule has 1 heterocycles. The second-order valence-electron chi connectivity index (χ2n) is 7.62. The van der Waals surface area contributed by atoms with Gasteiger partial charge in [-0.1, -0.05) is 39.0 Å². The molecule has 3 aromatic rings. The number of ether oxygens (including phenoxy) is 1. The number of amides is 1. The summed E-state index contributed by atoms with van der Waals surface area (Å²) in [6, 6.07) is 16.9. The van der Waals surface area contributed by atoms with Crippen LogP contribution in [0.4, 0.5) is 5.69 Å². The molecule has 0 atom stereocenters. The predicted molar refractivity (Wildman–Crippen MR) is 111 cm³/mol. The molecule has 0 aliphatic rings. The molecule has 0 saturated heterocycles. The number of nitrogens with one attached hydrogen (secondary N) is 1. The van der Waals surface area contributed by atoms with Gasteiger partial charge in [-0.3, -0.25) is 9.59 Å². The van der Waals surface area contributed by atoms with Crippen molar-refractivity contribution in [3.8, 4) is 17.1 Å². The summed E-state index contributed by atoms with van der Waals surface area (Å²) >= 11 is 0. The standard InChI is InChI=1S/C22H25N3O3/c1-15(26)23-19-20(22(2,3)4)24(16-9-7-6-8-10-16)25(21(19)27)17-11-13-18(28-5)14-12-17/h6-14H,1-5H3,(H,23,26). The second kappa shape index (κ2) is 7.38. The number of hydrogen-bond donors (Lipinski definition) is 1. The van der Waals surface area contributed by atoms with Gasteiger partial charge in [0, 0.05) is 12.3 Å². The molecular weight excluding hydrogens is 354 g/mol. The highest BCUT2D eigenvalue weighted by Crippen LogP contribution is 2.32. The van der Waals surface area contributed by atoms with Gasteiger partial charge in [0.2, 0.25) is 5.91 Å². The normalized spacial score (nSPS) is 11.3. The van der Waals surface area contributed by atoms with Gasteiger partial charge >= 0.3 is 0 Å². The minimum atomic E-state index is -0.398. The zero-order valence-electron chi connectivity index (χ0n) is 16.8. The molecule has 3 rings (SSSR count). The molecule has 6 nitrogen and oxygen atoms in total. The van der Waals surface area contributed by atoms with E-state index in [9.17, 15) is 9.59 Å². The van der Waals surface area contributed by atoms with Crippen molar-refractivity contribution >= 4 is 11.6 Å². The maximum absolute atomic E-state index is 13.4. The van der Waals surface area contributed by atoms with Crippen LogP contribution in [-0.2, 0) is 10.2 Å². The molecule has 0 fully saturated rings. The monoisotopic (exact) mass is 379 g/mol. The number of nitrogens with zero attached hydrogens (tertiary/aromatic N) is 2. The number of anilines is 1. The van der Waals surface area contributed by atoms with Crippen molar-refractivity contribution in [1.29, 1.82) is 0 Å².